The van der Waals surface area contributed by atoms with Crippen LogP contribution in [0.25, 0.3) is 0 Å². The fraction of sp³-hybridized carbons (Fsp3) is 0.600. The fourth-order valence-electron chi connectivity index (χ4n) is 0.102. The Labute approximate surface area is 69.8 Å². The summed E-state index contributed by atoms with van der Waals surface area (Å²) in [5.74, 6) is 0. The van der Waals surface area contributed by atoms with Gasteiger partial charge in [-0.25, -0.2) is 13.2 Å². The molecule has 0 aromatic heterocycles. The fourth-order valence-corrected chi connectivity index (χ4v) is 0.102. The Morgan fingerprint density at radius 3 is 1.38 bits per heavy atom. The Balaban J connectivity index is -0.000000169. The van der Waals surface area contributed by atoms with E-state index < -0.39 is 25.9 Å². The molecule has 0 N–H and O–H groups in total. The van der Waals surface area contributed by atoms with Crippen LogP contribution in [-0.4, -0.2) is 21.0 Å². The van der Waals surface area contributed by atoms with Crippen LogP contribution in [0.1, 0.15) is 0 Å². The zero-order valence-corrected chi connectivity index (χ0v) is 6.47. The van der Waals surface area contributed by atoms with E-state index in [1.807, 2.05) is 0 Å². The molecule has 0 rings (SSSR count). The molecule has 1 nitrogen and oxygen atoms in total. The maximum Gasteiger partial charge on any atom is 0.342 e. The highest BCUT2D eigenvalue weighted by atomic mass is 19.3. The van der Waals surface area contributed by atoms with Crippen molar-refractivity contribution in [3.8, 4) is 0 Å². The highest BCUT2D eigenvalue weighted by Crippen LogP contribution is 2.09. The third-order valence-electron chi connectivity index (χ3n) is 0.330. The molecule has 8 heteroatoms. The van der Waals surface area contributed by atoms with E-state index in [1.54, 1.807) is 0 Å². The molecule has 0 spiro atoms. The van der Waals surface area contributed by atoms with E-state index in [4.69, 9.17) is 0 Å². The van der Waals surface area contributed by atoms with Gasteiger partial charge in [-0.2, -0.15) is 13.2 Å². The molecule has 0 amide bonds. The van der Waals surface area contributed by atoms with Crippen LogP contribution in [0.15, 0.2) is 12.1 Å². The first-order valence-corrected chi connectivity index (χ1v) is 2.49. The second-order valence-electron chi connectivity index (χ2n) is 0.889. The summed E-state index contributed by atoms with van der Waals surface area (Å²) < 4.78 is 75.5. The summed E-state index contributed by atoms with van der Waals surface area (Å²) in [5.41, 5.74) is 0. The third-order valence-corrected chi connectivity index (χ3v) is 0.330. The zero-order chi connectivity index (χ0) is 11.3. The topological polar surface area (TPSA) is 9.23 Å². The van der Waals surface area contributed by atoms with Crippen LogP contribution in [0.5, 0.6) is 0 Å². The largest absolute Gasteiger partial charge is 0.435 e. The monoisotopic (exact) mass is 216 g/mol. The van der Waals surface area contributed by atoms with Crippen LogP contribution in [0.2, 0.25) is 0 Å². The van der Waals surface area contributed by atoms with E-state index in [9.17, 15) is 30.7 Å². The van der Waals surface area contributed by atoms with Gasteiger partial charge in [0.2, 0.25) is 13.8 Å². The van der Waals surface area contributed by atoms with Crippen molar-refractivity contribution in [2.45, 2.75) is 0 Å². The molecule has 0 radical (unpaired) electrons. The SMILES string of the molecule is CF.FCF.FCOC(F)=C(F)F. The minimum absolute atomic E-state index is 0.500. The number of ether oxygens (including phenoxy) is 1. The lowest BCUT2D eigenvalue weighted by Crippen LogP contribution is -1.83. The summed E-state index contributed by atoms with van der Waals surface area (Å²) in [5, 5.41) is 0. The molecule has 0 aliphatic carbocycles. The molecular weight excluding hydrogens is 209 g/mol. The van der Waals surface area contributed by atoms with Gasteiger partial charge in [0, 0.05) is 0 Å². The zero-order valence-electron chi connectivity index (χ0n) is 6.47. The summed E-state index contributed by atoms with van der Waals surface area (Å²) in [6.45, 7) is -3.33. The van der Waals surface area contributed by atoms with Gasteiger partial charge in [0.15, 0.2) is 0 Å². The lowest BCUT2D eigenvalue weighted by Gasteiger charge is -1.90. The van der Waals surface area contributed by atoms with Gasteiger partial charge < -0.3 is 4.74 Å². The Bertz CT molecular complexity index is 111. The van der Waals surface area contributed by atoms with Gasteiger partial charge in [-0.15, -0.1) is 0 Å². The Morgan fingerprint density at radius 1 is 1.00 bits per heavy atom. The van der Waals surface area contributed by atoms with Crippen LogP contribution < -0.4 is 0 Å². The van der Waals surface area contributed by atoms with Gasteiger partial charge in [0.1, 0.15) is 0 Å². The number of alkyl halides is 4. The first-order chi connectivity index (χ1) is 6.09. The van der Waals surface area contributed by atoms with E-state index in [-0.39, 0.29) is 0 Å². The average Bonchev–Trinajstić information content (AvgIpc) is 2.10. The van der Waals surface area contributed by atoms with E-state index in [1.165, 1.54) is 0 Å². The van der Waals surface area contributed by atoms with E-state index in [2.05, 4.69) is 4.74 Å². The van der Waals surface area contributed by atoms with Crippen LogP contribution in [0.4, 0.5) is 30.7 Å². The lowest BCUT2D eigenvalue weighted by molar-refractivity contribution is 0.0563. The van der Waals surface area contributed by atoms with Crippen molar-refractivity contribution in [2.24, 2.45) is 0 Å². The molecule has 0 saturated carbocycles. The van der Waals surface area contributed by atoms with Crippen molar-refractivity contribution in [3.05, 3.63) is 12.1 Å². The molecule has 0 aromatic carbocycles. The molecule has 0 heterocycles. The van der Waals surface area contributed by atoms with E-state index in [0.717, 1.165) is 0 Å². The first kappa shape index (κ1) is 18.0. The average molecular weight is 216 g/mol. The van der Waals surface area contributed by atoms with Gasteiger partial charge >= 0.3 is 12.1 Å². The van der Waals surface area contributed by atoms with Crippen molar-refractivity contribution in [2.75, 3.05) is 21.0 Å². The van der Waals surface area contributed by atoms with E-state index in [0.29, 0.717) is 7.18 Å². The Morgan fingerprint density at radius 2 is 1.31 bits per heavy atom. The molecule has 82 valence electrons. The molecule has 0 atom stereocenters. The summed E-state index contributed by atoms with van der Waals surface area (Å²) in [6.07, 6.45) is -2.65. The second kappa shape index (κ2) is 17.2. The van der Waals surface area contributed by atoms with Gasteiger partial charge in [-0.05, 0) is 0 Å². The summed E-state index contributed by atoms with van der Waals surface area (Å²) in [4.78, 5) is 0. The molecule has 0 aromatic rings. The highest BCUT2D eigenvalue weighted by Gasteiger charge is 2.03. The maximum absolute atomic E-state index is 11.2. The molecule has 13 heavy (non-hydrogen) atoms. The summed E-state index contributed by atoms with van der Waals surface area (Å²) in [6, 6.07) is -2.16. The summed E-state index contributed by atoms with van der Waals surface area (Å²) in [7, 11) is 0.500. The van der Waals surface area contributed by atoms with E-state index >= 15 is 0 Å². The predicted molar refractivity (Wildman–Crippen MR) is 31.5 cm³/mol. The van der Waals surface area contributed by atoms with Gasteiger partial charge in [0.05, 0.1) is 7.18 Å². The van der Waals surface area contributed by atoms with Crippen molar-refractivity contribution in [1.82, 2.24) is 0 Å². The number of hydrogen-bond acceptors (Lipinski definition) is 1. The number of halogens is 7. The van der Waals surface area contributed by atoms with Crippen LogP contribution in [0.3, 0.4) is 0 Å². The molecule has 0 aliphatic heterocycles. The number of hydrogen-bond donors (Lipinski definition) is 0. The molecule has 0 fully saturated rings. The molecule has 0 bridgehead atoms. The quantitative estimate of drug-likeness (QED) is 0.507. The maximum atomic E-state index is 11.2. The molecule has 0 unspecified atom stereocenters. The number of rotatable bonds is 2. The molecule has 0 aliphatic rings. The standard InChI is InChI=1S/C3H2F4O.CH2F2.CH3F/c4-1-8-3(7)2(5)6;2-1-3;1-2/h1H2;1H2;1H3. The van der Waals surface area contributed by atoms with Crippen LogP contribution >= 0.6 is 0 Å². The Hall–Kier alpha value is -0.950. The lowest BCUT2D eigenvalue weighted by atomic mass is 11.0. The smallest absolute Gasteiger partial charge is 0.342 e. The van der Waals surface area contributed by atoms with Gasteiger partial charge in [-0.1, -0.05) is 0 Å². The first-order valence-electron chi connectivity index (χ1n) is 2.49. The van der Waals surface area contributed by atoms with Crippen molar-refractivity contribution in [1.29, 1.82) is 0 Å². The molecule has 0 saturated heterocycles. The van der Waals surface area contributed by atoms with Crippen LogP contribution in [-0.2, 0) is 4.74 Å². The van der Waals surface area contributed by atoms with Gasteiger partial charge in [-0.3, -0.25) is 4.39 Å². The predicted octanol–water partition coefficient (Wildman–Crippen LogP) is 3.43. The third kappa shape index (κ3) is 24.7. The Kier molecular flexibility index (Phi) is 23.8. The van der Waals surface area contributed by atoms with Gasteiger partial charge in [0.25, 0.3) is 0 Å². The van der Waals surface area contributed by atoms with Crippen molar-refractivity contribution >= 4 is 0 Å². The minimum Gasteiger partial charge on any atom is -0.435 e. The second-order valence-corrected chi connectivity index (χ2v) is 0.889. The van der Waals surface area contributed by atoms with Crippen molar-refractivity contribution in [3.63, 3.8) is 0 Å². The van der Waals surface area contributed by atoms with Crippen molar-refractivity contribution < 1.29 is 35.5 Å². The normalized spacial score (nSPS) is 7.08. The highest BCUT2D eigenvalue weighted by molar-refractivity contribution is 4.79. The minimum atomic E-state index is -2.65. The summed E-state index contributed by atoms with van der Waals surface area (Å²) >= 11 is 0. The molecular formula is C5H7F7O. The van der Waals surface area contributed by atoms with Crippen LogP contribution in [0, 0.1) is 0 Å².